The Morgan fingerprint density at radius 2 is 1.89 bits per heavy atom. The molecule has 2 aromatic rings. The summed E-state index contributed by atoms with van der Waals surface area (Å²) in [6.07, 6.45) is 0. The highest BCUT2D eigenvalue weighted by atomic mass is 19.1. The predicted octanol–water partition coefficient (Wildman–Crippen LogP) is 2.96. The fourth-order valence-corrected chi connectivity index (χ4v) is 2.10. The molecule has 3 nitrogen and oxygen atoms in total. The number of aryl methyl sites for hydroxylation is 3. The third-order valence-electron chi connectivity index (χ3n) is 3.04. The van der Waals surface area contributed by atoms with Gasteiger partial charge in [-0.05, 0) is 57.0 Å². The van der Waals surface area contributed by atoms with E-state index < -0.39 is 0 Å². The highest BCUT2D eigenvalue weighted by Crippen LogP contribution is 2.25. The van der Waals surface area contributed by atoms with Crippen LogP contribution >= 0.6 is 0 Å². The fourth-order valence-electron chi connectivity index (χ4n) is 2.10. The average Bonchev–Trinajstić information content (AvgIpc) is 2.61. The Morgan fingerprint density at radius 3 is 2.39 bits per heavy atom. The zero-order valence-electron chi connectivity index (χ0n) is 11.2. The lowest BCUT2D eigenvalue weighted by Gasteiger charge is -2.15. The van der Waals surface area contributed by atoms with Gasteiger partial charge in [0.25, 0.3) is 0 Å². The molecule has 18 heavy (non-hydrogen) atoms. The van der Waals surface area contributed by atoms with Gasteiger partial charge in [-0.1, -0.05) is 0 Å². The standard InChI is InChI=1S/C14H18FN3/c1-8-5-14(12(11(4)16)7-13(8)15)18-10(3)6-9(2)17-18/h5-7,11H,16H2,1-4H3/t11-/m0/s1. The summed E-state index contributed by atoms with van der Waals surface area (Å²) in [7, 11) is 0. The second-order valence-electron chi connectivity index (χ2n) is 4.79. The number of rotatable bonds is 2. The summed E-state index contributed by atoms with van der Waals surface area (Å²) < 4.78 is 15.5. The second-order valence-corrected chi connectivity index (χ2v) is 4.79. The van der Waals surface area contributed by atoms with Gasteiger partial charge >= 0.3 is 0 Å². The van der Waals surface area contributed by atoms with Crippen LogP contribution in [-0.4, -0.2) is 9.78 Å². The topological polar surface area (TPSA) is 43.8 Å². The SMILES string of the molecule is Cc1cc(C)n(-c2cc(C)c(F)cc2[C@H](C)N)n1. The molecule has 2 rings (SSSR count). The van der Waals surface area contributed by atoms with Crippen LogP contribution in [0.1, 0.15) is 35.5 Å². The van der Waals surface area contributed by atoms with E-state index in [1.165, 1.54) is 6.07 Å². The van der Waals surface area contributed by atoms with Crippen molar-refractivity contribution in [3.8, 4) is 5.69 Å². The van der Waals surface area contributed by atoms with Gasteiger partial charge in [-0.3, -0.25) is 0 Å². The Balaban J connectivity index is 2.69. The molecule has 0 unspecified atom stereocenters. The Hall–Kier alpha value is -1.68. The van der Waals surface area contributed by atoms with Crippen LogP contribution in [-0.2, 0) is 0 Å². The molecule has 1 heterocycles. The Morgan fingerprint density at radius 1 is 1.22 bits per heavy atom. The molecule has 0 saturated carbocycles. The number of hydrogen-bond donors (Lipinski definition) is 1. The Bertz CT molecular complexity index is 585. The lowest BCUT2D eigenvalue weighted by molar-refractivity contribution is 0.610. The lowest BCUT2D eigenvalue weighted by Crippen LogP contribution is -2.12. The first kappa shape index (κ1) is 12.8. The highest BCUT2D eigenvalue weighted by Gasteiger charge is 2.14. The minimum absolute atomic E-state index is 0.229. The monoisotopic (exact) mass is 247 g/mol. The normalized spacial score (nSPS) is 12.8. The van der Waals surface area contributed by atoms with Gasteiger partial charge < -0.3 is 5.73 Å². The van der Waals surface area contributed by atoms with Gasteiger partial charge in [-0.2, -0.15) is 5.10 Å². The van der Waals surface area contributed by atoms with Crippen molar-refractivity contribution in [2.45, 2.75) is 33.7 Å². The van der Waals surface area contributed by atoms with E-state index in [4.69, 9.17) is 5.73 Å². The summed E-state index contributed by atoms with van der Waals surface area (Å²) in [5, 5.41) is 4.43. The minimum Gasteiger partial charge on any atom is -0.324 e. The van der Waals surface area contributed by atoms with E-state index in [0.29, 0.717) is 5.56 Å². The number of nitrogens with zero attached hydrogens (tertiary/aromatic N) is 2. The van der Waals surface area contributed by atoms with E-state index in [0.717, 1.165) is 22.6 Å². The maximum absolute atomic E-state index is 13.7. The van der Waals surface area contributed by atoms with Crippen molar-refractivity contribution >= 4 is 0 Å². The molecule has 0 aliphatic heterocycles. The van der Waals surface area contributed by atoms with Gasteiger partial charge in [0.05, 0.1) is 11.4 Å². The first-order valence-corrected chi connectivity index (χ1v) is 5.99. The maximum atomic E-state index is 13.7. The van der Waals surface area contributed by atoms with E-state index in [2.05, 4.69) is 5.10 Å². The van der Waals surface area contributed by atoms with Crippen molar-refractivity contribution in [1.82, 2.24) is 9.78 Å². The number of benzene rings is 1. The highest BCUT2D eigenvalue weighted by molar-refractivity contribution is 5.46. The maximum Gasteiger partial charge on any atom is 0.126 e. The molecule has 0 spiro atoms. The van der Waals surface area contributed by atoms with Crippen molar-refractivity contribution in [2.24, 2.45) is 5.73 Å². The van der Waals surface area contributed by atoms with Crippen LogP contribution in [0.5, 0.6) is 0 Å². The largest absolute Gasteiger partial charge is 0.324 e. The van der Waals surface area contributed by atoms with E-state index in [-0.39, 0.29) is 11.9 Å². The number of nitrogens with two attached hydrogens (primary N) is 1. The van der Waals surface area contributed by atoms with Crippen molar-refractivity contribution in [1.29, 1.82) is 0 Å². The van der Waals surface area contributed by atoms with Crippen LogP contribution in [0.2, 0.25) is 0 Å². The number of aromatic nitrogens is 2. The predicted molar refractivity (Wildman–Crippen MR) is 70.3 cm³/mol. The van der Waals surface area contributed by atoms with Crippen molar-refractivity contribution in [3.63, 3.8) is 0 Å². The van der Waals surface area contributed by atoms with E-state index in [9.17, 15) is 4.39 Å². The molecule has 0 bridgehead atoms. The van der Waals surface area contributed by atoms with E-state index in [1.807, 2.05) is 31.5 Å². The third-order valence-corrected chi connectivity index (χ3v) is 3.04. The number of halogens is 1. The van der Waals surface area contributed by atoms with E-state index in [1.54, 1.807) is 13.0 Å². The molecular formula is C14H18FN3. The van der Waals surface area contributed by atoms with Gasteiger partial charge in [0.2, 0.25) is 0 Å². The fraction of sp³-hybridized carbons (Fsp3) is 0.357. The number of hydrogen-bond acceptors (Lipinski definition) is 2. The minimum atomic E-state index is -0.237. The quantitative estimate of drug-likeness (QED) is 0.886. The third kappa shape index (κ3) is 2.16. The van der Waals surface area contributed by atoms with Crippen LogP contribution in [0.4, 0.5) is 4.39 Å². The van der Waals surface area contributed by atoms with Crippen LogP contribution in [0.25, 0.3) is 5.69 Å². The molecule has 0 fully saturated rings. The average molecular weight is 247 g/mol. The van der Waals surface area contributed by atoms with Gasteiger partial charge in [0.15, 0.2) is 0 Å². The van der Waals surface area contributed by atoms with Crippen LogP contribution < -0.4 is 5.73 Å². The van der Waals surface area contributed by atoms with Crippen molar-refractivity contribution in [2.75, 3.05) is 0 Å². The van der Waals surface area contributed by atoms with E-state index >= 15 is 0 Å². The van der Waals surface area contributed by atoms with Gasteiger partial charge in [-0.25, -0.2) is 9.07 Å². The van der Waals surface area contributed by atoms with Crippen LogP contribution in [0, 0.1) is 26.6 Å². The van der Waals surface area contributed by atoms with Crippen molar-refractivity contribution < 1.29 is 4.39 Å². The molecule has 1 aromatic heterocycles. The van der Waals surface area contributed by atoms with Crippen LogP contribution in [0.3, 0.4) is 0 Å². The molecule has 0 radical (unpaired) electrons. The lowest BCUT2D eigenvalue weighted by atomic mass is 10.0. The molecule has 96 valence electrons. The molecule has 4 heteroatoms. The molecular weight excluding hydrogens is 229 g/mol. The summed E-state index contributed by atoms with van der Waals surface area (Å²) in [6, 6.07) is 5.06. The molecule has 1 atom stereocenters. The summed E-state index contributed by atoms with van der Waals surface area (Å²) in [5.41, 5.74) is 10.1. The Labute approximate surface area is 106 Å². The zero-order valence-corrected chi connectivity index (χ0v) is 11.2. The second kappa shape index (κ2) is 4.53. The van der Waals surface area contributed by atoms with Gasteiger partial charge in [-0.15, -0.1) is 0 Å². The Kier molecular flexibility index (Phi) is 3.22. The summed E-state index contributed by atoms with van der Waals surface area (Å²) in [6.45, 7) is 7.50. The van der Waals surface area contributed by atoms with Gasteiger partial charge in [0.1, 0.15) is 5.82 Å². The molecule has 0 amide bonds. The van der Waals surface area contributed by atoms with Gasteiger partial charge in [0, 0.05) is 11.7 Å². The molecule has 2 N–H and O–H groups in total. The molecule has 0 aliphatic carbocycles. The summed E-state index contributed by atoms with van der Waals surface area (Å²) in [4.78, 5) is 0. The zero-order chi connectivity index (χ0) is 13.4. The molecule has 1 aromatic carbocycles. The summed E-state index contributed by atoms with van der Waals surface area (Å²) in [5.74, 6) is -0.229. The smallest absolute Gasteiger partial charge is 0.126 e. The summed E-state index contributed by atoms with van der Waals surface area (Å²) >= 11 is 0. The van der Waals surface area contributed by atoms with Crippen LogP contribution in [0.15, 0.2) is 18.2 Å². The first-order chi connectivity index (χ1) is 8.40. The first-order valence-electron chi connectivity index (χ1n) is 5.99. The molecule has 0 saturated heterocycles. The van der Waals surface area contributed by atoms with Crippen molar-refractivity contribution in [3.05, 3.63) is 46.5 Å². The molecule has 0 aliphatic rings.